The van der Waals surface area contributed by atoms with Gasteiger partial charge in [-0.05, 0) is 51.5 Å². The van der Waals surface area contributed by atoms with E-state index in [-0.39, 0.29) is 22.2 Å². The van der Waals surface area contributed by atoms with Gasteiger partial charge in [0.1, 0.15) is 6.54 Å². The van der Waals surface area contributed by atoms with Gasteiger partial charge in [-0.15, -0.1) is 0 Å². The Hall–Kier alpha value is -2.05. The summed E-state index contributed by atoms with van der Waals surface area (Å²) in [6, 6.07) is 13.1. The molecule has 0 heterocycles. The van der Waals surface area contributed by atoms with Crippen molar-refractivity contribution in [1.82, 2.24) is 5.32 Å². The van der Waals surface area contributed by atoms with Gasteiger partial charge >= 0.3 is 0 Å². The lowest BCUT2D eigenvalue weighted by Gasteiger charge is -2.29. The molecule has 2 rings (SSSR count). The first-order valence-electron chi connectivity index (χ1n) is 8.72. The molecule has 1 amide bonds. The maximum atomic E-state index is 13.3. The SMILES string of the molecule is CCC(C)(C)NC(=O)CN(c1ccccc1Cl)S(=O)(=O)c1ccc(C)cc1. The number of amides is 1. The topological polar surface area (TPSA) is 66.5 Å². The molecule has 0 bridgehead atoms. The first kappa shape index (κ1) is 21.3. The van der Waals surface area contributed by atoms with Gasteiger partial charge in [0.2, 0.25) is 5.91 Å². The fourth-order valence-corrected chi connectivity index (χ4v) is 4.15. The summed E-state index contributed by atoms with van der Waals surface area (Å²) in [6.07, 6.45) is 0.718. The summed E-state index contributed by atoms with van der Waals surface area (Å²) < 4.78 is 27.6. The number of aryl methyl sites for hydroxylation is 1. The van der Waals surface area contributed by atoms with Crippen molar-refractivity contribution in [2.75, 3.05) is 10.8 Å². The van der Waals surface area contributed by atoms with E-state index in [0.717, 1.165) is 16.3 Å². The van der Waals surface area contributed by atoms with E-state index in [1.54, 1.807) is 36.4 Å². The highest BCUT2D eigenvalue weighted by Gasteiger charge is 2.30. The largest absolute Gasteiger partial charge is 0.350 e. The molecule has 0 atom stereocenters. The van der Waals surface area contributed by atoms with Gasteiger partial charge < -0.3 is 5.32 Å². The third-order valence-corrected chi connectivity index (χ3v) is 6.47. The zero-order chi connectivity index (χ0) is 20.2. The highest BCUT2D eigenvalue weighted by Crippen LogP contribution is 2.30. The minimum Gasteiger partial charge on any atom is -0.350 e. The van der Waals surface area contributed by atoms with Gasteiger partial charge in [0, 0.05) is 5.54 Å². The number of halogens is 1. The Morgan fingerprint density at radius 3 is 2.26 bits per heavy atom. The molecular formula is C20H25ClN2O3S. The van der Waals surface area contributed by atoms with Crippen LogP contribution in [0.1, 0.15) is 32.8 Å². The highest BCUT2D eigenvalue weighted by atomic mass is 35.5. The number of carbonyl (C=O) groups excluding carboxylic acids is 1. The van der Waals surface area contributed by atoms with Crippen molar-refractivity contribution in [1.29, 1.82) is 0 Å². The van der Waals surface area contributed by atoms with Crippen LogP contribution in [0.2, 0.25) is 5.02 Å². The predicted octanol–water partition coefficient (Wildman–Crippen LogP) is 4.15. The van der Waals surface area contributed by atoms with E-state index in [1.807, 2.05) is 27.7 Å². The molecule has 2 aromatic carbocycles. The minimum atomic E-state index is -3.96. The lowest BCUT2D eigenvalue weighted by atomic mass is 10.0. The fourth-order valence-electron chi connectivity index (χ4n) is 2.43. The molecule has 0 saturated carbocycles. The summed E-state index contributed by atoms with van der Waals surface area (Å²) in [5.74, 6) is -0.391. The smallest absolute Gasteiger partial charge is 0.264 e. The van der Waals surface area contributed by atoms with Crippen LogP contribution < -0.4 is 9.62 Å². The lowest BCUT2D eigenvalue weighted by Crippen LogP contribution is -2.48. The van der Waals surface area contributed by atoms with Crippen LogP contribution in [0.3, 0.4) is 0 Å². The molecule has 2 aromatic rings. The number of rotatable bonds is 7. The minimum absolute atomic E-state index is 0.107. The van der Waals surface area contributed by atoms with Crippen molar-refractivity contribution in [3.8, 4) is 0 Å². The summed E-state index contributed by atoms with van der Waals surface area (Å²) in [5, 5.41) is 3.13. The average molecular weight is 409 g/mol. The summed E-state index contributed by atoms with van der Waals surface area (Å²) >= 11 is 6.24. The first-order valence-corrected chi connectivity index (χ1v) is 10.5. The maximum absolute atomic E-state index is 13.3. The monoisotopic (exact) mass is 408 g/mol. The predicted molar refractivity (Wildman–Crippen MR) is 110 cm³/mol. The molecule has 0 aliphatic rings. The second-order valence-electron chi connectivity index (χ2n) is 7.06. The second kappa shape index (κ2) is 8.31. The van der Waals surface area contributed by atoms with Gasteiger partial charge in [-0.3, -0.25) is 9.10 Å². The van der Waals surface area contributed by atoms with E-state index in [2.05, 4.69) is 5.32 Å². The number of carbonyl (C=O) groups is 1. The van der Waals surface area contributed by atoms with Gasteiger partial charge in [-0.1, -0.05) is 48.4 Å². The van der Waals surface area contributed by atoms with Crippen molar-refractivity contribution in [2.24, 2.45) is 0 Å². The van der Waals surface area contributed by atoms with Crippen LogP contribution in [-0.4, -0.2) is 26.4 Å². The van der Waals surface area contributed by atoms with E-state index in [4.69, 9.17) is 11.6 Å². The van der Waals surface area contributed by atoms with Crippen LogP contribution in [0, 0.1) is 6.92 Å². The molecule has 0 fully saturated rings. The van der Waals surface area contributed by atoms with Crippen LogP contribution in [-0.2, 0) is 14.8 Å². The molecule has 0 unspecified atom stereocenters. The van der Waals surface area contributed by atoms with Gasteiger partial charge in [-0.25, -0.2) is 8.42 Å². The van der Waals surface area contributed by atoms with E-state index in [1.165, 1.54) is 12.1 Å². The van der Waals surface area contributed by atoms with Crippen LogP contribution >= 0.6 is 11.6 Å². The summed E-state index contributed by atoms with van der Waals surface area (Å²) in [7, 11) is -3.96. The van der Waals surface area contributed by atoms with Gasteiger partial charge in [0.25, 0.3) is 10.0 Å². The zero-order valence-corrected chi connectivity index (χ0v) is 17.6. The van der Waals surface area contributed by atoms with Crippen LogP contribution in [0.15, 0.2) is 53.4 Å². The fraction of sp³-hybridized carbons (Fsp3) is 0.350. The number of hydrogen-bond acceptors (Lipinski definition) is 3. The Kier molecular flexibility index (Phi) is 6.54. The number of para-hydroxylation sites is 1. The standard InChI is InChI=1S/C20H25ClN2O3S/c1-5-20(3,4)22-19(24)14-23(18-9-7-6-8-17(18)21)27(25,26)16-12-10-15(2)11-13-16/h6-13H,5,14H2,1-4H3,(H,22,24). The Morgan fingerprint density at radius 2 is 1.70 bits per heavy atom. The number of sulfonamides is 1. The highest BCUT2D eigenvalue weighted by molar-refractivity contribution is 7.92. The van der Waals surface area contributed by atoms with E-state index < -0.39 is 21.5 Å². The Balaban J connectivity index is 2.46. The maximum Gasteiger partial charge on any atom is 0.264 e. The molecular weight excluding hydrogens is 384 g/mol. The second-order valence-corrected chi connectivity index (χ2v) is 9.33. The molecule has 0 aliphatic carbocycles. The number of nitrogens with zero attached hydrogens (tertiary/aromatic N) is 1. The van der Waals surface area contributed by atoms with Crippen molar-refractivity contribution >= 4 is 33.2 Å². The molecule has 0 saturated heterocycles. The Morgan fingerprint density at radius 1 is 1.11 bits per heavy atom. The Labute approximate surface area is 166 Å². The average Bonchev–Trinajstić information content (AvgIpc) is 2.60. The molecule has 7 heteroatoms. The number of benzene rings is 2. The molecule has 0 aromatic heterocycles. The number of hydrogen-bond donors (Lipinski definition) is 1. The van der Waals surface area contributed by atoms with Crippen molar-refractivity contribution in [3.63, 3.8) is 0 Å². The van der Waals surface area contributed by atoms with Crippen molar-refractivity contribution < 1.29 is 13.2 Å². The normalized spacial score (nSPS) is 11.9. The van der Waals surface area contributed by atoms with Crippen LogP contribution in [0.5, 0.6) is 0 Å². The Bertz CT molecular complexity index is 909. The van der Waals surface area contributed by atoms with E-state index >= 15 is 0 Å². The van der Waals surface area contributed by atoms with Crippen molar-refractivity contribution in [2.45, 2.75) is 44.6 Å². The molecule has 1 N–H and O–H groups in total. The van der Waals surface area contributed by atoms with Gasteiger partial charge in [-0.2, -0.15) is 0 Å². The molecule has 0 radical (unpaired) electrons. The molecule has 0 aliphatic heterocycles. The number of nitrogens with one attached hydrogen (secondary N) is 1. The number of anilines is 1. The van der Waals surface area contributed by atoms with Crippen molar-refractivity contribution in [3.05, 3.63) is 59.1 Å². The van der Waals surface area contributed by atoms with Gasteiger partial charge in [0.15, 0.2) is 0 Å². The van der Waals surface area contributed by atoms with E-state index in [0.29, 0.717) is 0 Å². The molecule has 0 spiro atoms. The third kappa shape index (κ3) is 5.23. The molecule has 27 heavy (non-hydrogen) atoms. The van der Waals surface area contributed by atoms with Crippen LogP contribution in [0.4, 0.5) is 5.69 Å². The zero-order valence-electron chi connectivity index (χ0n) is 16.0. The summed E-state index contributed by atoms with van der Waals surface area (Å²) in [6.45, 7) is 7.25. The molecule has 146 valence electrons. The van der Waals surface area contributed by atoms with E-state index in [9.17, 15) is 13.2 Å². The lowest BCUT2D eigenvalue weighted by molar-refractivity contribution is -0.121. The van der Waals surface area contributed by atoms with Gasteiger partial charge in [0.05, 0.1) is 15.6 Å². The quantitative estimate of drug-likeness (QED) is 0.748. The molecule has 5 nitrogen and oxygen atoms in total. The summed E-state index contributed by atoms with van der Waals surface area (Å²) in [5.41, 5.74) is 0.779. The third-order valence-electron chi connectivity index (χ3n) is 4.38. The first-order chi connectivity index (χ1) is 12.6. The summed E-state index contributed by atoms with van der Waals surface area (Å²) in [4.78, 5) is 12.7. The van der Waals surface area contributed by atoms with Crippen LogP contribution in [0.25, 0.3) is 0 Å².